The average Bonchev–Trinajstić information content (AvgIpc) is 2.99. The zero-order valence-electron chi connectivity index (χ0n) is 22.1. The lowest BCUT2D eigenvalue weighted by molar-refractivity contribution is -0.386. The van der Waals surface area contributed by atoms with Gasteiger partial charge in [0.25, 0.3) is 11.2 Å². The van der Waals surface area contributed by atoms with Crippen molar-refractivity contribution < 1.29 is 27.8 Å². The SMILES string of the molecule is O=c1c2ccccc2nc(-c2cccc(C(F)(F)F)c2)n1N=Cc1cc(Br)cc([N+](=O)[O-])c1OCc1ccc([N+](=O)[O-])cc1. The number of benzene rings is 4. The van der Waals surface area contributed by atoms with E-state index < -0.39 is 32.8 Å². The fourth-order valence-corrected chi connectivity index (χ4v) is 4.69. The Morgan fingerprint density at radius 2 is 1.68 bits per heavy atom. The number of ether oxygens (including phenoxy) is 1. The van der Waals surface area contributed by atoms with E-state index in [0.29, 0.717) is 5.56 Å². The van der Waals surface area contributed by atoms with Crippen molar-refractivity contribution in [2.45, 2.75) is 12.8 Å². The molecular weight excluding hydrogens is 651 g/mol. The van der Waals surface area contributed by atoms with Crippen molar-refractivity contribution in [1.82, 2.24) is 9.66 Å². The van der Waals surface area contributed by atoms with E-state index in [-0.39, 0.29) is 50.4 Å². The summed E-state index contributed by atoms with van der Waals surface area (Å²) in [5.41, 5.74) is -1.57. The van der Waals surface area contributed by atoms with E-state index in [1.54, 1.807) is 12.1 Å². The Morgan fingerprint density at radius 3 is 2.36 bits per heavy atom. The molecular formula is C29H17BrF3N5O6. The number of alkyl halides is 3. The molecule has 0 bridgehead atoms. The van der Waals surface area contributed by atoms with Gasteiger partial charge in [0.15, 0.2) is 5.82 Å². The minimum Gasteiger partial charge on any atom is -0.481 e. The van der Waals surface area contributed by atoms with Gasteiger partial charge in [-0.15, -0.1) is 0 Å². The third-order valence-electron chi connectivity index (χ3n) is 6.30. The number of nitro groups is 2. The molecule has 0 unspecified atom stereocenters. The third kappa shape index (κ3) is 6.32. The molecule has 44 heavy (non-hydrogen) atoms. The Balaban J connectivity index is 1.63. The van der Waals surface area contributed by atoms with Gasteiger partial charge >= 0.3 is 11.9 Å². The number of fused-ring (bicyclic) bond motifs is 1. The first-order valence-electron chi connectivity index (χ1n) is 12.5. The van der Waals surface area contributed by atoms with Gasteiger partial charge in [-0.05, 0) is 48.0 Å². The molecule has 0 saturated heterocycles. The van der Waals surface area contributed by atoms with E-state index in [0.717, 1.165) is 23.0 Å². The number of halogens is 4. The predicted octanol–water partition coefficient (Wildman–Crippen LogP) is 7.12. The minimum absolute atomic E-state index is 0.0445. The van der Waals surface area contributed by atoms with Crippen LogP contribution in [0, 0.1) is 20.2 Å². The van der Waals surface area contributed by atoms with Crippen LogP contribution < -0.4 is 10.3 Å². The van der Waals surface area contributed by atoms with Crippen LogP contribution in [0.25, 0.3) is 22.3 Å². The highest BCUT2D eigenvalue weighted by Crippen LogP contribution is 2.35. The van der Waals surface area contributed by atoms with Gasteiger partial charge in [-0.2, -0.15) is 22.9 Å². The van der Waals surface area contributed by atoms with Crippen LogP contribution in [0.1, 0.15) is 16.7 Å². The van der Waals surface area contributed by atoms with Gasteiger partial charge in [0.1, 0.15) is 6.61 Å². The first kappa shape index (κ1) is 30.0. The van der Waals surface area contributed by atoms with E-state index >= 15 is 0 Å². The van der Waals surface area contributed by atoms with Gasteiger partial charge < -0.3 is 4.74 Å². The Morgan fingerprint density at radius 1 is 0.955 bits per heavy atom. The summed E-state index contributed by atoms with van der Waals surface area (Å²) >= 11 is 3.21. The molecule has 11 nitrogen and oxygen atoms in total. The van der Waals surface area contributed by atoms with Crippen molar-refractivity contribution in [1.29, 1.82) is 0 Å². The van der Waals surface area contributed by atoms with E-state index in [1.165, 1.54) is 60.7 Å². The van der Waals surface area contributed by atoms with Crippen LogP contribution in [0.5, 0.6) is 5.75 Å². The lowest BCUT2D eigenvalue weighted by atomic mass is 10.1. The van der Waals surface area contributed by atoms with Crippen molar-refractivity contribution in [3.8, 4) is 17.1 Å². The van der Waals surface area contributed by atoms with E-state index in [2.05, 4.69) is 26.0 Å². The van der Waals surface area contributed by atoms with Crippen LogP contribution in [-0.2, 0) is 12.8 Å². The first-order valence-corrected chi connectivity index (χ1v) is 13.3. The summed E-state index contributed by atoms with van der Waals surface area (Å²) in [5.74, 6) is -0.434. The summed E-state index contributed by atoms with van der Waals surface area (Å²) in [5, 5.41) is 27.2. The molecule has 0 fully saturated rings. The number of aromatic nitrogens is 2. The molecule has 222 valence electrons. The average molecular weight is 668 g/mol. The Kier molecular flexibility index (Phi) is 8.22. The molecule has 4 aromatic carbocycles. The van der Waals surface area contributed by atoms with Crippen LogP contribution in [0.3, 0.4) is 0 Å². The zero-order valence-corrected chi connectivity index (χ0v) is 23.7. The zero-order chi connectivity index (χ0) is 31.6. The molecule has 0 N–H and O–H groups in total. The van der Waals surface area contributed by atoms with Crippen molar-refractivity contribution in [2.75, 3.05) is 0 Å². The number of nitrogens with zero attached hydrogens (tertiary/aromatic N) is 5. The summed E-state index contributed by atoms with van der Waals surface area (Å²) < 4.78 is 47.4. The molecule has 0 aliphatic heterocycles. The Bertz CT molecular complexity index is 2010. The Hall–Kier alpha value is -5.44. The summed E-state index contributed by atoms with van der Waals surface area (Å²) in [6, 6.07) is 18.5. The highest BCUT2D eigenvalue weighted by molar-refractivity contribution is 9.10. The normalized spacial score (nSPS) is 11.6. The lowest BCUT2D eigenvalue weighted by Gasteiger charge is -2.13. The highest BCUT2D eigenvalue weighted by atomic mass is 79.9. The standard InChI is InChI=1S/C29H17BrF3N5O6/c30-21-13-19(26(25(14-21)38(42)43)44-16-17-8-10-22(11-9-17)37(40)41)15-34-36-27(18-4-3-5-20(12-18)29(31,32)33)35-24-7-2-1-6-23(24)28(36)39/h1-15H,16H2. The molecule has 0 amide bonds. The fraction of sp³-hybridized carbons (Fsp3) is 0.0690. The second-order valence-corrected chi connectivity index (χ2v) is 10.1. The maximum Gasteiger partial charge on any atom is 0.416 e. The Labute approximate surface area is 253 Å². The fourth-order valence-electron chi connectivity index (χ4n) is 4.23. The molecule has 0 aliphatic rings. The molecule has 15 heteroatoms. The number of rotatable bonds is 8. The summed E-state index contributed by atoms with van der Waals surface area (Å²) in [7, 11) is 0. The minimum atomic E-state index is -4.66. The van der Waals surface area contributed by atoms with Gasteiger partial charge in [-0.1, -0.05) is 40.2 Å². The van der Waals surface area contributed by atoms with Gasteiger partial charge in [-0.25, -0.2) is 4.98 Å². The second kappa shape index (κ2) is 12.0. The van der Waals surface area contributed by atoms with E-state index in [4.69, 9.17) is 4.74 Å². The molecule has 0 radical (unpaired) electrons. The van der Waals surface area contributed by atoms with Gasteiger partial charge in [0.05, 0.1) is 32.5 Å². The van der Waals surface area contributed by atoms with Gasteiger partial charge in [-0.3, -0.25) is 25.0 Å². The number of hydrogen-bond acceptors (Lipinski definition) is 8. The van der Waals surface area contributed by atoms with Crippen LogP contribution in [0.2, 0.25) is 0 Å². The van der Waals surface area contributed by atoms with Crippen LogP contribution in [-0.4, -0.2) is 25.7 Å². The van der Waals surface area contributed by atoms with Crippen molar-refractivity contribution in [2.24, 2.45) is 5.10 Å². The summed E-state index contributed by atoms with van der Waals surface area (Å²) in [4.78, 5) is 39.5. The number of para-hydroxylation sites is 1. The lowest BCUT2D eigenvalue weighted by Crippen LogP contribution is -2.20. The maximum absolute atomic E-state index is 13.5. The van der Waals surface area contributed by atoms with Crippen LogP contribution >= 0.6 is 15.9 Å². The van der Waals surface area contributed by atoms with Crippen molar-refractivity contribution in [3.05, 3.63) is 137 Å². The maximum atomic E-state index is 13.5. The molecule has 0 aliphatic carbocycles. The molecule has 5 aromatic rings. The molecule has 0 spiro atoms. The van der Waals surface area contributed by atoms with Crippen molar-refractivity contribution in [3.63, 3.8) is 0 Å². The quantitative estimate of drug-likeness (QED) is 0.0973. The molecule has 0 atom stereocenters. The second-order valence-electron chi connectivity index (χ2n) is 9.21. The van der Waals surface area contributed by atoms with E-state index in [9.17, 15) is 38.2 Å². The first-order chi connectivity index (χ1) is 20.9. The smallest absolute Gasteiger partial charge is 0.416 e. The molecule has 0 saturated carbocycles. The number of hydrogen-bond donors (Lipinski definition) is 0. The van der Waals surface area contributed by atoms with Gasteiger partial charge in [0, 0.05) is 33.8 Å². The highest BCUT2D eigenvalue weighted by Gasteiger charge is 2.31. The molecule has 1 heterocycles. The van der Waals surface area contributed by atoms with E-state index in [1.807, 2.05) is 0 Å². The summed E-state index contributed by atoms with van der Waals surface area (Å²) in [6.45, 7) is -0.214. The predicted molar refractivity (Wildman–Crippen MR) is 158 cm³/mol. The monoisotopic (exact) mass is 667 g/mol. The topological polar surface area (TPSA) is 143 Å². The third-order valence-corrected chi connectivity index (χ3v) is 6.76. The summed E-state index contributed by atoms with van der Waals surface area (Å²) in [6.07, 6.45) is -3.57. The van der Waals surface area contributed by atoms with Crippen molar-refractivity contribution >= 4 is 44.4 Å². The van der Waals surface area contributed by atoms with Gasteiger partial charge in [0.2, 0.25) is 5.75 Å². The molecule has 1 aromatic heterocycles. The van der Waals surface area contributed by atoms with Crippen LogP contribution in [0.15, 0.2) is 99.3 Å². The number of non-ortho nitro benzene ring substituents is 1. The largest absolute Gasteiger partial charge is 0.481 e. The number of nitro benzene ring substituents is 2. The van der Waals surface area contributed by atoms with Crippen LogP contribution in [0.4, 0.5) is 24.5 Å². The molecule has 5 rings (SSSR count).